The van der Waals surface area contributed by atoms with Crippen molar-refractivity contribution in [2.45, 2.75) is 30.8 Å². The molecule has 0 bridgehead atoms. The quantitative estimate of drug-likeness (QED) is 0.890. The van der Waals surface area contributed by atoms with Gasteiger partial charge in [0.15, 0.2) is 0 Å². The van der Waals surface area contributed by atoms with Gasteiger partial charge in [-0.2, -0.15) is 0 Å². The molecule has 21 heavy (non-hydrogen) atoms. The number of hydrogen-bond donors (Lipinski definition) is 2. The summed E-state index contributed by atoms with van der Waals surface area (Å²) < 4.78 is 18.6. The first kappa shape index (κ1) is 16.2. The predicted molar refractivity (Wildman–Crippen MR) is 79.9 cm³/mol. The molecule has 1 aliphatic carbocycles. The lowest BCUT2D eigenvalue weighted by Gasteiger charge is -2.25. The van der Waals surface area contributed by atoms with Gasteiger partial charge in [-0.1, -0.05) is 12.1 Å². The van der Waals surface area contributed by atoms with Crippen LogP contribution in [0, 0.1) is 5.82 Å². The summed E-state index contributed by atoms with van der Waals surface area (Å²) in [7, 11) is 0. The van der Waals surface area contributed by atoms with Crippen LogP contribution in [0.4, 0.5) is 4.39 Å². The molecule has 0 spiro atoms. The summed E-state index contributed by atoms with van der Waals surface area (Å²) in [4.78, 5) is 12.1. The number of hydrogen-bond acceptors (Lipinski definition) is 3. The monoisotopic (exact) mass is 314 g/mol. The highest BCUT2D eigenvalue weighted by Gasteiger charge is 2.45. The molecule has 1 amide bonds. The van der Waals surface area contributed by atoms with Gasteiger partial charge in [0, 0.05) is 19.0 Å². The zero-order valence-corrected chi connectivity index (χ0v) is 12.5. The van der Waals surface area contributed by atoms with Gasteiger partial charge in [0.25, 0.3) is 0 Å². The molecule has 1 heterocycles. The van der Waals surface area contributed by atoms with E-state index in [1.807, 2.05) is 6.07 Å². The zero-order chi connectivity index (χ0) is 14.0. The summed E-state index contributed by atoms with van der Waals surface area (Å²) in [5, 5.41) is 6.32. The lowest BCUT2D eigenvalue weighted by atomic mass is 10.0. The van der Waals surface area contributed by atoms with Crippen LogP contribution < -0.4 is 10.6 Å². The number of amides is 1. The van der Waals surface area contributed by atoms with E-state index in [-0.39, 0.29) is 35.7 Å². The summed E-state index contributed by atoms with van der Waals surface area (Å²) in [5.74, 6) is -0.264. The van der Waals surface area contributed by atoms with Crippen molar-refractivity contribution in [3.63, 3.8) is 0 Å². The molecule has 1 aliphatic heterocycles. The smallest absolute Gasteiger partial charge is 0.222 e. The number of carbonyl (C=O) groups is 1. The molecule has 1 unspecified atom stereocenters. The second-order valence-corrected chi connectivity index (χ2v) is 5.57. The molecule has 0 aromatic heterocycles. The molecule has 3 rings (SSSR count). The minimum Gasteiger partial charge on any atom is -0.378 e. The number of benzene rings is 1. The summed E-state index contributed by atoms with van der Waals surface area (Å²) in [5.41, 5.74) is 0.507. The Bertz CT molecular complexity index is 502. The molecule has 1 saturated heterocycles. The number of halogens is 2. The average molecular weight is 315 g/mol. The highest BCUT2D eigenvalue weighted by atomic mass is 35.5. The van der Waals surface area contributed by atoms with Gasteiger partial charge < -0.3 is 15.4 Å². The van der Waals surface area contributed by atoms with Gasteiger partial charge in [-0.3, -0.25) is 4.79 Å². The summed E-state index contributed by atoms with van der Waals surface area (Å²) in [6, 6.07) is 6.57. The average Bonchev–Trinajstić information content (AvgIpc) is 3.20. The Balaban J connectivity index is 0.00000161. The molecule has 1 aromatic carbocycles. The first-order valence-corrected chi connectivity index (χ1v) is 7.06. The first-order valence-electron chi connectivity index (χ1n) is 7.06. The molecule has 2 aliphatic rings. The van der Waals surface area contributed by atoms with Gasteiger partial charge in [-0.15, -0.1) is 12.4 Å². The van der Waals surface area contributed by atoms with Crippen LogP contribution in [0.25, 0.3) is 0 Å². The topological polar surface area (TPSA) is 50.4 Å². The van der Waals surface area contributed by atoms with E-state index >= 15 is 0 Å². The molecular weight excluding hydrogens is 295 g/mol. The second kappa shape index (κ2) is 6.73. The van der Waals surface area contributed by atoms with Crippen molar-refractivity contribution in [1.29, 1.82) is 0 Å². The van der Waals surface area contributed by atoms with Crippen LogP contribution in [0.2, 0.25) is 0 Å². The third-order valence-electron chi connectivity index (χ3n) is 3.94. The van der Waals surface area contributed by atoms with Gasteiger partial charge in [-0.25, -0.2) is 4.39 Å². The van der Waals surface area contributed by atoms with Crippen molar-refractivity contribution in [3.05, 3.63) is 35.6 Å². The normalized spacial score (nSPS) is 23.0. The number of morpholine rings is 1. The maximum atomic E-state index is 13.3. The number of rotatable bonds is 4. The summed E-state index contributed by atoms with van der Waals surface area (Å²) in [6.07, 6.45) is 2.14. The Hall–Kier alpha value is -1.17. The van der Waals surface area contributed by atoms with Gasteiger partial charge in [0.1, 0.15) is 5.82 Å². The second-order valence-electron chi connectivity index (χ2n) is 5.57. The molecule has 1 saturated carbocycles. The Morgan fingerprint density at radius 3 is 2.90 bits per heavy atom. The van der Waals surface area contributed by atoms with E-state index in [0.717, 1.165) is 24.9 Å². The molecule has 1 atom stereocenters. The van der Waals surface area contributed by atoms with Crippen molar-refractivity contribution >= 4 is 18.3 Å². The third-order valence-corrected chi connectivity index (χ3v) is 3.94. The van der Waals surface area contributed by atoms with Crippen molar-refractivity contribution in [3.8, 4) is 0 Å². The lowest BCUT2D eigenvalue weighted by Crippen LogP contribution is -2.45. The Kier molecular flexibility index (Phi) is 5.19. The zero-order valence-electron chi connectivity index (χ0n) is 11.7. The van der Waals surface area contributed by atoms with Crippen LogP contribution in [0.1, 0.15) is 24.8 Å². The van der Waals surface area contributed by atoms with Crippen LogP contribution >= 0.6 is 12.4 Å². The van der Waals surface area contributed by atoms with Crippen LogP contribution in [-0.4, -0.2) is 31.7 Å². The van der Waals surface area contributed by atoms with Crippen LogP contribution in [-0.2, 0) is 15.1 Å². The van der Waals surface area contributed by atoms with E-state index in [9.17, 15) is 9.18 Å². The van der Waals surface area contributed by atoms with Crippen LogP contribution in [0.3, 0.4) is 0 Å². The van der Waals surface area contributed by atoms with Crippen LogP contribution in [0.5, 0.6) is 0 Å². The Labute approximate surface area is 129 Å². The first-order chi connectivity index (χ1) is 9.68. The van der Waals surface area contributed by atoms with Crippen molar-refractivity contribution in [2.24, 2.45) is 0 Å². The molecule has 4 nitrogen and oxygen atoms in total. The minimum absolute atomic E-state index is 0. The van der Waals surface area contributed by atoms with Crippen molar-refractivity contribution in [2.75, 3.05) is 19.8 Å². The lowest BCUT2D eigenvalue weighted by molar-refractivity contribution is -0.123. The van der Waals surface area contributed by atoms with Gasteiger partial charge in [-0.05, 0) is 30.5 Å². The number of nitrogens with one attached hydrogen (secondary N) is 2. The van der Waals surface area contributed by atoms with Crippen molar-refractivity contribution in [1.82, 2.24) is 10.6 Å². The fourth-order valence-electron chi connectivity index (χ4n) is 2.69. The Morgan fingerprint density at radius 1 is 1.48 bits per heavy atom. The molecule has 0 radical (unpaired) electrons. The fraction of sp³-hybridized carbons (Fsp3) is 0.533. The summed E-state index contributed by atoms with van der Waals surface area (Å²) >= 11 is 0. The molecule has 2 N–H and O–H groups in total. The van der Waals surface area contributed by atoms with E-state index in [2.05, 4.69) is 10.6 Å². The van der Waals surface area contributed by atoms with Crippen molar-refractivity contribution < 1.29 is 13.9 Å². The largest absolute Gasteiger partial charge is 0.378 e. The highest BCUT2D eigenvalue weighted by molar-refractivity contribution is 5.85. The maximum absolute atomic E-state index is 13.3. The molecular formula is C15H20ClFN2O2. The van der Waals surface area contributed by atoms with E-state index in [0.29, 0.717) is 19.6 Å². The fourth-order valence-corrected chi connectivity index (χ4v) is 2.69. The SMILES string of the molecule is Cl.O=C(CC1COCCN1)NC1(c2cccc(F)c2)CC1. The van der Waals surface area contributed by atoms with E-state index in [1.54, 1.807) is 6.07 Å². The molecule has 116 valence electrons. The van der Waals surface area contributed by atoms with E-state index in [4.69, 9.17) is 4.74 Å². The van der Waals surface area contributed by atoms with E-state index < -0.39 is 0 Å². The maximum Gasteiger partial charge on any atom is 0.222 e. The molecule has 2 fully saturated rings. The van der Waals surface area contributed by atoms with Crippen LogP contribution in [0.15, 0.2) is 24.3 Å². The van der Waals surface area contributed by atoms with E-state index in [1.165, 1.54) is 12.1 Å². The molecule has 1 aromatic rings. The molecule has 6 heteroatoms. The minimum atomic E-state index is -0.352. The van der Waals surface area contributed by atoms with Gasteiger partial charge >= 0.3 is 0 Å². The number of ether oxygens (including phenoxy) is 1. The van der Waals surface area contributed by atoms with Gasteiger partial charge in [0.2, 0.25) is 5.91 Å². The number of carbonyl (C=O) groups excluding carboxylic acids is 1. The van der Waals surface area contributed by atoms with Gasteiger partial charge in [0.05, 0.1) is 18.8 Å². The Morgan fingerprint density at radius 2 is 2.29 bits per heavy atom. The summed E-state index contributed by atoms with van der Waals surface area (Å²) in [6.45, 7) is 2.05. The predicted octanol–water partition coefficient (Wildman–Crippen LogP) is 1.73. The standard InChI is InChI=1S/C15H19FN2O2.ClH/c16-12-3-1-2-11(8-12)15(4-5-15)18-14(19)9-13-10-20-7-6-17-13;/h1-3,8,13,17H,4-7,9-10H2,(H,18,19);1H. The highest BCUT2D eigenvalue weighted by Crippen LogP contribution is 2.45. The third kappa shape index (κ3) is 3.93.